The predicted molar refractivity (Wildman–Crippen MR) is 164 cm³/mol. The van der Waals surface area contributed by atoms with Crippen molar-refractivity contribution < 1.29 is 4.74 Å². The highest BCUT2D eigenvalue weighted by Crippen LogP contribution is 2.15. The highest BCUT2D eigenvalue weighted by Gasteiger charge is 1.95. The van der Waals surface area contributed by atoms with Crippen LogP contribution in [0.1, 0.15) is 180 Å². The number of hydrogen-bond acceptors (Lipinski definition) is 1. The van der Waals surface area contributed by atoms with Gasteiger partial charge in [0.1, 0.15) is 0 Å². The second-order valence-electron chi connectivity index (χ2n) is 10.9. The number of unbranched alkanes of at least 4 members (excludes halogenated alkanes) is 23. The smallest absolute Gasteiger partial charge is 0.0716 e. The Morgan fingerprint density at radius 2 is 0.667 bits per heavy atom. The molecule has 0 unspecified atom stereocenters. The van der Waals surface area contributed by atoms with Gasteiger partial charge in [-0.05, 0) is 12.5 Å². The molecule has 212 valence electrons. The van der Waals surface area contributed by atoms with Crippen LogP contribution in [0.2, 0.25) is 0 Å². The maximum atomic E-state index is 5.22. The van der Waals surface area contributed by atoms with Crippen molar-refractivity contribution in [2.24, 2.45) is 0 Å². The fraction of sp³-hybridized carbons (Fsp3) is 0.829. The fourth-order valence-electron chi connectivity index (χ4n) is 4.83. The second kappa shape index (κ2) is 32.2. The van der Waals surface area contributed by atoms with Gasteiger partial charge < -0.3 is 4.74 Å². The molecular weight excluding hydrogens is 436 g/mol. The number of ether oxygens (including phenoxy) is 1. The first kappa shape index (κ1) is 35.2. The summed E-state index contributed by atoms with van der Waals surface area (Å²) in [4.78, 5) is 0. The number of hydrogen-bond donors (Lipinski definition) is 0. The van der Waals surface area contributed by atoms with E-state index in [2.05, 4.69) is 26.0 Å². The molecule has 0 N–H and O–H groups in total. The lowest BCUT2D eigenvalue weighted by atomic mass is 10.0. The van der Waals surface area contributed by atoms with Crippen LogP contribution >= 0.6 is 0 Å². The largest absolute Gasteiger partial charge is 0.377 e. The van der Waals surface area contributed by atoms with Crippen LogP contribution in [0.5, 0.6) is 0 Å². The Balaban J connectivity index is 0.00000101. The Morgan fingerprint density at radius 1 is 0.389 bits per heavy atom. The molecule has 0 saturated carbocycles. The highest BCUT2D eigenvalue weighted by atomic mass is 16.5. The zero-order chi connectivity index (χ0) is 26.2. The Bertz CT molecular complexity index is 459. The first-order valence-electron chi connectivity index (χ1n) is 16.5. The van der Waals surface area contributed by atoms with E-state index in [-0.39, 0.29) is 0 Å². The molecule has 1 rings (SSSR count). The lowest BCUT2D eigenvalue weighted by molar-refractivity contribution is 0.134. The van der Waals surface area contributed by atoms with Crippen molar-refractivity contribution in [2.45, 2.75) is 181 Å². The molecule has 1 aromatic rings. The Kier molecular flexibility index (Phi) is 31.5. The molecule has 0 bridgehead atoms. The van der Waals surface area contributed by atoms with E-state index in [9.17, 15) is 0 Å². The zero-order valence-electron chi connectivity index (χ0n) is 25.2. The lowest BCUT2D eigenvalue weighted by Crippen LogP contribution is -1.90. The van der Waals surface area contributed by atoms with Crippen LogP contribution in [-0.4, -0.2) is 6.61 Å². The minimum absolute atomic E-state index is 0.733. The Hall–Kier alpha value is -0.820. The highest BCUT2D eigenvalue weighted by molar-refractivity contribution is 5.13. The predicted octanol–water partition coefficient (Wildman–Crippen LogP) is 12.6. The summed E-state index contributed by atoms with van der Waals surface area (Å²) in [6.07, 6.45) is 35.4. The van der Waals surface area contributed by atoms with E-state index in [0.29, 0.717) is 0 Å². The van der Waals surface area contributed by atoms with Crippen molar-refractivity contribution in [1.82, 2.24) is 0 Å². The molecule has 0 amide bonds. The number of benzene rings is 1. The van der Waals surface area contributed by atoms with Crippen molar-refractivity contribution in [3.8, 4) is 0 Å². The maximum Gasteiger partial charge on any atom is 0.0716 e. The molecule has 0 heterocycles. The van der Waals surface area contributed by atoms with Crippen LogP contribution in [0, 0.1) is 0 Å². The third kappa shape index (κ3) is 29.4. The summed E-state index contributed by atoms with van der Waals surface area (Å²) >= 11 is 0. The first-order chi connectivity index (χ1) is 17.8. The minimum atomic E-state index is 0.733. The van der Waals surface area contributed by atoms with Crippen LogP contribution in [0.3, 0.4) is 0 Å². The third-order valence-electron chi connectivity index (χ3n) is 7.27. The third-order valence-corrected chi connectivity index (χ3v) is 7.27. The van der Waals surface area contributed by atoms with E-state index in [1.165, 1.54) is 160 Å². The van der Waals surface area contributed by atoms with Gasteiger partial charge in [-0.3, -0.25) is 0 Å². The average Bonchev–Trinajstić information content (AvgIpc) is 2.91. The topological polar surface area (TPSA) is 9.23 Å². The molecule has 0 aliphatic carbocycles. The van der Waals surface area contributed by atoms with Gasteiger partial charge in [0.15, 0.2) is 0 Å². The average molecular weight is 503 g/mol. The molecule has 0 fully saturated rings. The van der Waals surface area contributed by atoms with E-state index in [1.807, 2.05) is 25.1 Å². The maximum absolute atomic E-state index is 5.22. The molecule has 0 saturated heterocycles. The molecule has 0 aliphatic heterocycles. The van der Waals surface area contributed by atoms with Gasteiger partial charge in [0.05, 0.1) is 6.61 Å². The van der Waals surface area contributed by atoms with Gasteiger partial charge in [0.25, 0.3) is 0 Å². The van der Waals surface area contributed by atoms with Gasteiger partial charge in [-0.1, -0.05) is 198 Å². The molecule has 1 heteroatoms. The van der Waals surface area contributed by atoms with Crippen LogP contribution in [-0.2, 0) is 11.3 Å². The van der Waals surface area contributed by atoms with E-state index < -0.39 is 0 Å². The van der Waals surface area contributed by atoms with Gasteiger partial charge in [-0.25, -0.2) is 0 Å². The van der Waals surface area contributed by atoms with Gasteiger partial charge in [0, 0.05) is 6.61 Å². The molecule has 1 aromatic carbocycles. The van der Waals surface area contributed by atoms with Gasteiger partial charge >= 0.3 is 0 Å². The molecule has 0 aliphatic rings. The van der Waals surface area contributed by atoms with Crippen molar-refractivity contribution in [2.75, 3.05) is 6.61 Å². The van der Waals surface area contributed by atoms with Crippen molar-refractivity contribution in [1.29, 1.82) is 0 Å². The van der Waals surface area contributed by atoms with Crippen LogP contribution in [0.15, 0.2) is 30.3 Å². The van der Waals surface area contributed by atoms with E-state index in [1.54, 1.807) is 0 Å². The van der Waals surface area contributed by atoms with Crippen molar-refractivity contribution >= 4 is 0 Å². The van der Waals surface area contributed by atoms with Crippen molar-refractivity contribution in [3.05, 3.63) is 35.9 Å². The van der Waals surface area contributed by atoms with Crippen LogP contribution in [0.25, 0.3) is 0 Å². The molecule has 0 spiro atoms. The lowest BCUT2D eigenvalue weighted by Gasteiger charge is -2.04. The summed E-state index contributed by atoms with van der Waals surface area (Å²) in [5.74, 6) is 0. The van der Waals surface area contributed by atoms with E-state index >= 15 is 0 Å². The standard InChI is InChI=1S/C26H54.C9H12O/c1-3-5-7-9-11-13-15-17-19-21-23-25-26-24-22-20-18-16-14-12-10-8-6-4-2;1-2-10-8-9-6-4-3-5-7-9/h3-26H2,1-2H3;3-7H,2,8H2,1H3. The molecular formula is C35H66O. The summed E-state index contributed by atoms with van der Waals surface area (Å²) in [6, 6.07) is 10.2. The monoisotopic (exact) mass is 503 g/mol. The summed E-state index contributed by atoms with van der Waals surface area (Å²) in [5, 5.41) is 0. The zero-order valence-corrected chi connectivity index (χ0v) is 25.2. The van der Waals surface area contributed by atoms with Crippen LogP contribution in [0.4, 0.5) is 0 Å². The van der Waals surface area contributed by atoms with Crippen molar-refractivity contribution in [3.63, 3.8) is 0 Å². The normalized spacial score (nSPS) is 10.9. The molecule has 1 nitrogen and oxygen atoms in total. The van der Waals surface area contributed by atoms with E-state index in [0.717, 1.165) is 13.2 Å². The molecule has 0 aromatic heterocycles. The summed E-state index contributed by atoms with van der Waals surface area (Å²) in [5.41, 5.74) is 1.24. The summed E-state index contributed by atoms with van der Waals surface area (Å²) in [7, 11) is 0. The quantitative estimate of drug-likeness (QED) is 0.114. The van der Waals surface area contributed by atoms with Gasteiger partial charge in [-0.2, -0.15) is 0 Å². The summed E-state index contributed by atoms with van der Waals surface area (Å²) in [6.45, 7) is 8.13. The first-order valence-corrected chi connectivity index (χ1v) is 16.5. The van der Waals surface area contributed by atoms with Crippen LogP contribution < -0.4 is 0 Å². The Labute approximate surface area is 228 Å². The molecule has 0 atom stereocenters. The summed E-state index contributed by atoms with van der Waals surface area (Å²) < 4.78 is 5.22. The SMILES string of the molecule is CCCCCCCCCCCCCCCCCCCCCCCCCC.CCOCc1ccccc1. The molecule has 0 radical (unpaired) electrons. The van der Waals surface area contributed by atoms with E-state index in [4.69, 9.17) is 4.74 Å². The molecule has 36 heavy (non-hydrogen) atoms. The number of rotatable bonds is 26. The second-order valence-corrected chi connectivity index (χ2v) is 10.9. The van der Waals surface area contributed by atoms with Gasteiger partial charge in [0.2, 0.25) is 0 Å². The van der Waals surface area contributed by atoms with Gasteiger partial charge in [-0.15, -0.1) is 0 Å². The minimum Gasteiger partial charge on any atom is -0.377 e. The Morgan fingerprint density at radius 3 is 0.917 bits per heavy atom. The fourth-order valence-corrected chi connectivity index (χ4v) is 4.83.